The molecule has 2 aromatic carbocycles. The predicted octanol–water partition coefficient (Wildman–Crippen LogP) is 3.44. The van der Waals surface area contributed by atoms with E-state index < -0.39 is 0 Å². The van der Waals surface area contributed by atoms with Gasteiger partial charge in [-0.2, -0.15) is 10.5 Å². The third-order valence-corrected chi connectivity index (χ3v) is 6.16. The number of nitriles is 2. The van der Waals surface area contributed by atoms with Gasteiger partial charge in [-0.15, -0.1) is 0 Å². The number of hydrogen-bond acceptors (Lipinski definition) is 7. The summed E-state index contributed by atoms with van der Waals surface area (Å²) in [4.78, 5) is 19.5. The highest BCUT2D eigenvalue weighted by Gasteiger charge is 2.31. The van der Waals surface area contributed by atoms with Gasteiger partial charge in [0.25, 0.3) is 5.91 Å². The van der Waals surface area contributed by atoms with E-state index >= 15 is 0 Å². The first-order chi connectivity index (χ1) is 17.6. The summed E-state index contributed by atoms with van der Waals surface area (Å²) in [6.07, 6.45) is 2.62. The lowest BCUT2D eigenvalue weighted by molar-refractivity contribution is 0.0937. The number of pyridine rings is 1. The van der Waals surface area contributed by atoms with Crippen molar-refractivity contribution in [1.29, 1.82) is 10.5 Å². The van der Waals surface area contributed by atoms with Gasteiger partial charge in [-0.1, -0.05) is 18.2 Å². The third-order valence-electron chi connectivity index (χ3n) is 6.16. The summed E-state index contributed by atoms with van der Waals surface area (Å²) >= 11 is 0. The molecule has 0 radical (unpaired) electrons. The Kier molecular flexibility index (Phi) is 8.25. The lowest BCUT2D eigenvalue weighted by atomic mass is 9.97. The molecule has 3 aromatic rings. The molecular weight excluding hydrogens is 454 g/mol. The molecule has 2 heterocycles. The third kappa shape index (κ3) is 6.05. The van der Waals surface area contributed by atoms with Gasteiger partial charge in [0, 0.05) is 44.1 Å². The summed E-state index contributed by atoms with van der Waals surface area (Å²) in [5.41, 5.74) is 3.70. The summed E-state index contributed by atoms with van der Waals surface area (Å²) in [6, 6.07) is 22.2. The number of methoxy groups -OCH3 is 1. The first kappa shape index (κ1) is 24.9. The number of carbonyl (C=O) groups excluding carboxylic acids is 1. The van der Waals surface area contributed by atoms with Gasteiger partial charge in [0.15, 0.2) is 0 Å². The van der Waals surface area contributed by atoms with Crippen molar-refractivity contribution in [3.63, 3.8) is 0 Å². The Morgan fingerprint density at radius 3 is 2.31 bits per heavy atom. The Morgan fingerprint density at radius 2 is 1.69 bits per heavy atom. The van der Waals surface area contributed by atoms with Crippen molar-refractivity contribution in [3.05, 3.63) is 94.7 Å². The van der Waals surface area contributed by atoms with Crippen LogP contribution in [-0.2, 0) is 4.74 Å². The van der Waals surface area contributed by atoms with E-state index in [4.69, 9.17) is 14.7 Å². The van der Waals surface area contributed by atoms with Gasteiger partial charge >= 0.3 is 0 Å². The van der Waals surface area contributed by atoms with E-state index in [0.717, 1.165) is 24.1 Å². The van der Waals surface area contributed by atoms with Crippen LogP contribution in [0.5, 0.6) is 5.88 Å². The molecule has 8 nitrogen and oxygen atoms in total. The molecule has 1 amide bonds. The van der Waals surface area contributed by atoms with Gasteiger partial charge in [0.2, 0.25) is 5.88 Å². The van der Waals surface area contributed by atoms with Gasteiger partial charge in [-0.05, 0) is 53.9 Å². The molecule has 1 fully saturated rings. The first-order valence-corrected chi connectivity index (χ1v) is 11.7. The minimum absolute atomic E-state index is 0.0152. The number of carbonyl (C=O) groups is 1. The molecule has 4 rings (SSSR count). The summed E-state index contributed by atoms with van der Waals surface area (Å²) in [5.74, 6) is 0.379. The quantitative estimate of drug-likeness (QED) is 0.466. The molecule has 1 aromatic heterocycles. The molecule has 0 spiro atoms. The Hall–Kier alpha value is -4.24. The molecule has 1 unspecified atom stereocenters. The highest BCUT2D eigenvalue weighted by Crippen LogP contribution is 2.32. The van der Waals surface area contributed by atoms with Crippen LogP contribution in [0.1, 0.15) is 45.1 Å². The fourth-order valence-corrected chi connectivity index (χ4v) is 4.33. The zero-order chi connectivity index (χ0) is 25.3. The molecule has 1 N–H and O–H groups in total. The van der Waals surface area contributed by atoms with Crippen LogP contribution in [0.2, 0.25) is 0 Å². The van der Waals surface area contributed by atoms with Crippen LogP contribution in [0.4, 0.5) is 0 Å². The van der Waals surface area contributed by atoms with E-state index in [-0.39, 0.29) is 18.0 Å². The number of nitrogens with zero attached hydrogens (tertiary/aromatic N) is 4. The van der Waals surface area contributed by atoms with E-state index in [0.29, 0.717) is 42.3 Å². The van der Waals surface area contributed by atoms with E-state index in [1.165, 1.54) is 0 Å². The lowest BCUT2D eigenvalue weighted by Gasteiger charge is -2.29. The number of hydrogen-bond donors (Lipinski definition) is 1. The Balaban J connectivity index is 1.50. The van der Waals surface area contributed by atoms with E-state index in [2.05, 4.69) is 27.3 Å². The second-order valence-corrected chi connectivity index (χ2v) is 8.55. The maximum atomic E-state index is 12.8. The van der Waals surface area contributed by atoms with Crippen molar-refractivity contribution in [1.82, 2.24) is 15.2 Å². The number of ether oxygens (including phenoxy) is 2. The standard InChI is InChI=1S/C28H27N5O3/c1-35-14-15-36-26-11-10-24(18-31-26)27(22-6-2-20(16-29)3-7-22)33-13-12-25(19-33)32-28(34)23-8-4-21(17-30)5-9-23/h2-11,18,25,27H,12-15,19H2,1H3,(H,32,34)/t25?,27-/m1/s1. The molecule has 182 valence electrons. The molecule has 2 atom stereocenters. The summed E-state index contributed by atoms with van der Waals surface area (Å²) in [7, 11) is 1.62. The number of amides is 1. The van der Waals surface area contributed by atoms with Crippen molar-refractivity contribution >= 4 is 5.91 Å². The van der Waals surface area contributed by atoms with E-state index in [1.54, 1.807) is 31.4 Å². The molecule has 1 aliphatic rings. The maximum absolute atomic E-state index is 12.8. The minimum Gasteiger partial charge on any atom is -0.475 e. The zero-order valence-electron chi connectivity index (χ0n) is 20.1. The van der Waals surface area contributed by atoms with Crippen molar-refractivity contribution in [2.24, 2.45) is 0 Å². The number of rotatable bonds is 9. The van der Waals surface area contributed by atoms with Crippen LogP contribution in [0.15, 0.2) is 66.9 Å². The molecule has 36 heavy (non-hydrogen) atoms. The smallest absolute Gasteiger partial charge is 0.251 e. The second-order valence-electron chi connectivity index (χ2n) is 8.55. The van der Waals surface area contributed by atoms with Crippen molar-refractivity contribution in [3.8, 4) is 18.0 Å². The molecule has 8 heteroatoms. The van der Waals surface area contributed by atoms with Crippen LogP contribution < -0.4 is 10.1 Å². The van der Waals surface area contributed by atoms with Crippen molar-refractivity contribution < 1.29 is 14.3 Å². The molecule has 0 bridgehead atoms. The SMILES string of the molecule is COCCOc1ccc([C@@H](c2ccc(C#N)cc2)N2CCC(NC(=O)c3ccc(C#N)cc3)C2)cn1. The Labute approximate surface area is 210 Å². The van der Waals surface area contributed by atoms with Gasteiger partial charge in [-0.3, -0.25) is 9.69 Å². The normalized spacial score (nSPS) is 16.0. The molecular formula is C28H27N5O3. The molecule has 1 aliphatic heterocycles. The van der Waals surface area contributed by atoms with Crippen molar-refractivity contribution in [2.75, 3.05) is 33.4 Å². The predicted molar refractivity (Wildman–Crippen MR) is 133 cm³/mol. The summed E-state index contributed by atoms with van der Waals surface area (Å²) in [5, 5.41) is 21.3. The van der Waals surface area contributed by atoms with Crippen LogP contribution in [0.3, 0.4) is 0 Å². The average Bonchev–Trinajstić information content (AvgIpc) is 3.38. The first-order valence-electron chi connectivity index (χ1n) is 11.7. The van der Waals surface area contributed by atoms with E-state index in [9.17, 15) is 10.1 Å². The van der Waals surface area contributed by atoms with Crippen LogP contribution in [0, 0.1) is 22.7 Å². The lowest BCUT2D eigenvalue weighted by Crippen LogP contribution is -2.38. The van der Waals surface area contributed by atoms with Gasteiger partial charge in [0.1, 0.15) is 6.61 Å². The second kappa shape index (κ2) is 11.9. The monoisotopic (exact) mass is 481 g/mol. The highest BCUT2D eigenvalue weighted by molar-refractivity contribution is 5.94. The average molecular weight is 482 g/mol. The number of nitrogens with one attached hydrogen (secondary N) is 1. The number of benzene rings is 2. The summed E-state index contributed by atoms with van der Waals surface area (Å²) in [6.45, 7) is 2.36. The minimum atomic E-state index is -0.152. The fourth-order valence-electron chi connectivity index (χ4n) is 4.33. The molecule has 0 aliphatic carbocycles. The summed E-state index contributed by atoms with van der Waals surface area (Å²) < 4.78 is 10.6. The number of aromatic nitrogens is 1. The topological polar surface area (TPSA) is 111 Å². The Morgan fingerprint density at radius 1 is 1.03 bits per heavy atom. The maximum Gasteiger partial charge on any atom is 0.251 e. The van der Waals surface area contributed by atoms with Crippen LogP contribution >= 0.6 is 0 Å². The fraction of sp³-hybridized carbons (Fsp3) is 0.286. The van der Waals surface area contributed by atoms with Crippen LogP contribution in [0.25, 0.3) is 0 Å². The van der Waals surface area contributed by atoms with Gasteiger partial charge in [0.05, 0.1) is 35.9 Å². The van der Waals surface area contributed by atoms with E-state index in [1.807, 2.05) is 42.6 Å². The Bertz CT molecular complexity index is 1240. The largest absolute Gasteiger partial charge is 0.475 e. The zero-order valence-corrected chi connectivity index (χ0v) is 20.1. The highest BCUT2D eigenvalue weighted by atomic mass is 16.5. The van der Waals surface area contributed by atoms with Crippen LogP contribution in [-0.4, -0.2) is 55.2 Å². The molecule has 1 saturated heterocycles. The van der Waals surface area contributed by atoms with Gasteiger partial charge in [-0.25, -0.2) is 4.98 Å². The number of likely N-dealkylation sites (tertiary alicyclic amines) is 1. The van der Waals surface area contributed by atoms with Gasteiger partial charge < -0.3 is 14.8 Å². The molecule has 0 saturated carbocycles. The van der Waals surface area contributed by atoms with Crippen molar-refractivity contribution in [2.45, 2.75) is 18.5 Å².